The fraction of sp³-hybridized carbons (Fsp3) is 0.684. The largest absolute Gasteiger partial charge is 0.502 e. The Morgan fingerprint density at radius 1 is 1.18 bits per heavy atom. The Morgan fingerprint density at radius 3 is 2.11 bits per heavy atom. The van der Waals surface area contributed by atoms with Crippen LogP contribution in [0.1, 0.15) is 54.0 Å². The van der Waals surface area contributed by atoms with Crippen LogP contribution in [0.3, 0.4) is 0 Å². The molecule has 2 rings (SSSR count). The van der Waals surface area contributed by atoms with Gasteiger partial charge >= 0.3 is 12.8 Å². The highest BCUT2D eigenvalue weighted by molar-refractivity contribution is 6.74. The minimum absolute atomic E-state index is 0.00713. The Kier molecular flexibility index (Phi) is 5.91. The molecule has 1 aromatic carbocycles. The monoisotopic (exact) mass is 411 g/mol. The summed E-state index contributed by atoms with van der Waals surface area (Å²) in [7, 11) is -3.12. The number of rotatable bonds is 5. The van der Waals surface area contributed by atoms with Gasteiger partial charge in [-0.05, 0) is 45.8 Å². The van der Waals surface area contributed by atoms with E-state index >= 15 is 4.39 Å². The van der Waals surface area contributed by atoms with Gasteiger partial charge in [0.25, 0.3) is 0 Å². The average molecular weight is 411 g/mol. The highest BCUT2D eigenvalue weighted by Crippen LogP contribution is 2.39. The van der Waals surface area contributed by atoms with Crippen molar-refractivity contribution in [3.63, 3.8) is 0 Å². The summed E-state index contributed by atoms with van der Waals surface area (Å²) < 4.78 is 32.9. The second-order valence-corrected chi connectivity index (χ2v) is 14.7. The van der Waals surface area contributed by atoms with Crippen LogP contribution in [0, 0.1) is 15.9 Å². The van der Waals surface area contributed by atoms with Crippen LogP contribution in [-0.2, 0) is 20.3 Å². The first-order chi connectivity index (χ1) is 12.5. The fourth-order valence-corrected chi connectivity index (χ4v) is 3.50. The lowest BCUT2D eigenvalue weighted by Crippen LogP contribution is -2.41. The molecule has 0 atom stereocenters. The quantitative estimate of drug-likeness (QED) is 0.404. The van der Waals surface area contributed by atoms with E-state index in [0.717, 1.165) is 0 Å². The van der Waals surface area contributed by atoms with Crippen LogP contribution in [0.5, 0.6) is 0 Å². The van der Waals surface area contributed by atoms with Gasteiger partial charge in [0, 0.05) is 5.56 Å². The summed E-state index contributed by atoms with van der Waals surface area (Å²) >= 11 is 0. The van der Waals surface area contributed by atoms with Crippen LogP contribution in [0.25, 0.3) is 0 Å². The zero-order valence-corrected chi connectivity index (χ0v) is 19.3. The highest BCUT2D eigenvalue weighted by atomic mass is 28.4. The van der Waals surface area contributed by atoms with Crippen molar-refractivity contribution < 1.29 is 23.0 Å². The highest BCUT2D eigenvalue weighted by Gasteiger charge is 2.53. The summed E-state index contributed by atoms with van der Waals surface area (Å²) in [4.78, 5) is 10.9. The Hall–Kier alpha value is -1.29. The van der Waals surface area contributed by atoms with E-state index < -0.39 is 43.1 Å². The third-order valence-corrected chi connectivity index (χ3v) is 10.8. The topological polar surface area (TPSA) is 70.8 Å². The van der Waals surface area contributed by atoms with Crippen molar-refractivity contribution in [1.29, 1.82) is 0 Å². The summed E-state index contributed by atoms with van der Waals surface area (Å²) in [6.07, 6.45) is 0. The lowest BCUT2D eigenvalue weighted by molar-refractivity contribution is -0.386. The van der Waals surface area contributed by atoms with Gasteiger partial charge in [-0.3, -0.25) is 10.1 Å². The smallest absolute Gasteiger partial charge is 0.412 e. The first-order valence-electron chi connectivity index (χ1n) is 9.45. The third-order valence-electron chi connectivity index (χ3n) is 6.31. The van der Waals surface area contributed by atoms with Gasteiger partial charge in [0.15, 0.2) is 8.32 Å². The first kappa shape index (κ1) is 23.0. The maximum atomic E-state index is 15.1. The molecule has 1 aliphatic heterocycles. The van der Waals surface area contributed by atoms with Crippen molar-refractivity contribution in [2.45, 2.75) is 84.4 Å². The summed E-state index contributed by atoms with van der Waals surface area (Å²) in [5, 5.41) is 11.6. The van der Waals surface area contributed by atoms with Gasteiger partial charge in [0.2, 0.25) is 5.82 Å². The van der Waals surface area contributed by atoms with Crippen LogP contribution >= 0.6 is 0 Å². The number of nitro groups is 1. The van der Waals surface area contributed by atoms with Crippen LogP contribution in [-0.4, -0.2) is 31.6 Å². The van der Waals surface area contributed by atoms with Crippen LogP contribution < -0.4 is 5.46 Å². The lowest BCUT2D eigenvalue weighted by atomic mass is 9.77. The van der Waals surface area contributed by atoms with Gasteiger partial charge < -0.3 is 13.7 Å². The number of nitrogens with zero attached hydrogens (tertiary/aromatic N) is 1. The standard InChI is InChI=1S/C19H31BFNO5Si/c1-17(2,3)28(8,9)25-12-13-10-11-14(16(15(13)21)22(23)24)20-26-18(4,5)19(6,7)27-20/h10-11H,12H2,1-9H3. The van der Waals surface area contributed by atoms with Gasteiger partial charge in [-0.1, -0.05) is 32.9 Å². The van der Waals surface area contributed by atoms with Crippen molar-refractivity contribution in [2.75, 3.05) is 0 Å². The molecule has 1 heterocycles. The summed E-state index contributed by atoms with van der Waals surface area (Å²) in [5.74, 6) is -0.893. The molecule has 0 N–H and O–H groups in total. The lowest BCUT2D eigenvalue weighted by Gasteiger charge is -2.36. The molecule has 0 amide bonds. The van der Waals surface area contributed by atoms with E-state index in [2.05, 4.69) is 33.9 Å². The maximum absolute atomic E-state index is 15.1. The van der Waals surface area contributed by atoms with Crippen LogP contribution in [0.4, 0.5) is 10.1 Å². The number of hydrogen-bond acceptors (Lipinski definition) is 5. The van der Waals surface area contributed by atoms with Gasteiger partial charge in [-0.15, -0.1) is 0 Å². The fourth-order valence-electron chi connectivity index (χ4n) is 2.55. The van der Waals surface area contributed by atoms with E-state index in [1.165, 1.54) is 12.1 Å². The number of halogens is 1. The van der Waals surface area contributed by atoms with E-state index in [1.807, 2.05) is 27.7 Å². The third kappa shape index (κ3) is 4.17. The predicted molar refractivity (Wildman–Crippen MR) is 111 cm³/mol. The molecule has 28 heavy (non-hydrogen) atoms. The van der Waals surface area contributed by atoms with E-state index in [0.29, 0.717) is 0 Å². The molecule has 1 aromatic rings. The number of benzene rings is 1. The second kappa shape index (κ2) is 7.20. The first-order valence-corrected chi connectivity index (χ1v) is 12.4. The molecule has 9 heteroatoms. The van der Waals surface area contributed by atoms with E-state index in [-0.39, 0.29) is 22.7 Å². The molecule has 0 aromatic heterocycles. The Balaban J connectivity index is 2.38. The predicted octanol–water partition coefficient (Wildman–Crippen LogP) is 4.55. The minimum Gasteiger partial charge on any atom is -0.412 e. The van der Waals surface area contributed by atoms with E-state index in [9.17, 15) is 10.1 Å². The SMILES string of the molecule is CC1(C)OB(c2ccc(CO[Si](C)(C)C(C)(C)C)c(F)c2[N+](=O)[O-])OC1(C)C. The molecule has 1 saturated heterocycles. The second-order valence-electron chi connectivity index (χ2n) is 9.87. The van der Waals surface area contributed by atoms with Gasteiger partial charge in [0.05, 0.1) is 28.2 Å². The molecule has 0 unspecified atom stereocenters. The maximum Gasteiger partial charge on any atom is 0.502 e. The van der Waals surface area contributed by atoms with E-state index in [4.69, 9.17) is 13.7 Å². The molecular formula is C19H31BFNO5Si. The van der Waals surface area contributed by atoms with E-state index in [1.54, 1.807) is 0 Å². The normalized spacial score (nSPS) is 19.1. The summed E-state index contributed by atoms with van der Waals surface area (Å²) in [5.41, 5.74) is -1.72. The Labute approximate surface area is 168 Å². The molecule has 0 bridgehead atoms. The van der Waals surface area contributed by atoms with Crippen LogP contribution in [0.15, 0.2) is 12.1 Å². The van der Waals surface area contributed by atoms with Crippen molar-refractivity contribution >= 4 is 26.6 Å². The average Bonchev–Trinajstić information content (AvgIpc) is 2.72. The summed E-state index contributed by atoms with van der Waals surface area (Å²) in [6.45, 7) is 17.7. The number of hydrogen-bond donors (Lipinski definition) is 0. The van der Waals surface area contributed by atoms with Crippen molar-refractivity contribution in [2.24, 2.45) is 0 Å². The molecular weight excluding hydrogens is 380 g/mol. The molecule has 1 aliphatic rings. The molecule has 0 spiro atoms. The number of nitro benzene ring substituents is 1. The van der Waals surface area contributed by atoms with Crippen molar-refractivity contribution in [3.8, 4) is 0 Å². The zero-order valence-electron chi connectivity index (χ0n) is 18.3. The summed E-state index contributed by atoms with van der Waals surface area (Å²) in [6, 6.07) is 3.03. The van der Waals surface area contributed by atoms with Crippen molar-refractivity contribution in [1.82, 2.24) is 0 Å². The Bertz CT molecular complexity index is 760. The van der Waals surface area contributed by atoms with Crippen LogP contribution in [0.2, 0.25) is 18.1 Å². The van der Waals surface area contributed by atoms with Crippen molar-refractivity contribution in [3.05, 3.63) is 33.6 Å². The minimum atomic E-state index is -2.12. The molecule has 1 fully saturated rings. The molecule has 0 aliphatic carbocycles. The van der Waals surface area contributed by atoms with Gasteiger partial charge in [-0.2, -0.15) is 4.39 Å². The van der Waals surface area contributed by atoms with Gasteiger partial charge in [0.1, 0.15) is 0 Å². The molecule has 0 saturated carbocycles. The molecule has 0 radical (unpaired) electrons. The van der Waals surface area contributed by atoms with Gasteiger partial charge in [-0.25, -0.2) is 0 Å². The molecule has 156 valence electrons. The zero-order chi connectivity index (χ0) is 21.7. The Morgan fingerprint density at radius 2 is 1.68 bits per heavy atom. The molecule has 6 nitrogen and oxygen atoms in total.